The number of amides is 1. The summed E-state index contributed by atoms with van der Waals surface area (Å²) >= 11 is 1.77. The van der Waals surface area contributed by atoms with Crippen LogP contribution < -0.4 is 10.6 Å². The van der Waals surface area contributed by atoms with Gasteiger partial charge in [0.05, 0.1) is 0 Å². The average Bonchev–Trinajstić information content (AvgIpc) is 2.32. The van der Waals surface area contributed by atoms with Crippen LogP contribution in [0.1, 0.15) is 6.92 Å². The number of anilines is 1. The van der Waals surface area contributed by atoms with E-state index in [-0.39, 0.29) is 5.91 Å². The first-order chi connectivity index (χ1) is 8.24. The van der Waals surface area contributed by atoms with Crippen molar-refractivity contribution in [3.63, 3.8) is 0 Å². The fraction of sp³-hybridized carbons (Fsp3) is 0.417. The largest absolute Gasteiger partial charge is 0.326 e. The van der Waals surface area contributed by atoms with Crippen LogP contribution in [0.2, 0.25) is 0 Å². The zero-order chi connectivity index (χ0) is 12.1. The monoisotopic (exact) mass is 251 g/mol. The van der Waals surface area contributed by atoms with Crippen molar-refractivity contribution in [2.24, 2.45) is 0 Å². The Bertz CT molecular complexity index is 374. The first-order valence-corrected chi connectivity index (χ1v) is 6.53. The molecule has 1 saturated heterocycles. The second-order valence-corrected chi connectivity index (χ2v) is 5.15. The van der Waals surface area contributed by atoms with E-state index >= 15 is 0 Å². The molecule has 0 saturated carbocycles. The summed E-state index contributed by atoms with van der Waals surface area (Å²) in [6.45, 7) is 5.76. The molecule has 1 aromatic carbocycles. The van der Waals surface area contributed by atoms with E-state index in [2.05, 4.69) is 14.9 Å². The van der Waals surface area contributed by atoms with Gasteiger partial charge in [0, 0.05) is 43.7 Å². The smallest absolute Gasteiger partial charge is 0.221 e. The predicted molar refractivity (Wildman–Crippen MR) is 71.0 cm³/mol. The third-order valence-electron chi connectivity index (χ3n) is 2.49. The molecule has 5 heteroatoms. The maximum absolute atomic E-state index is 10.9. The maximum Gasteiger partial charge on any atom is 0.221 e. The summed E-state index contributed by atoms with van der Waals surface area (Å²) in [5, 5.41) is 6.09. The molecule has 17 heavy (non-hydrogen) atoms. The predicted octanol–water partition coefficient (Wildman–Crippen LogP) is 1.56. The Hall–Kier alpha value is -1.04. The highest BCUT2D eigenvalue weighted by molar-refractivity contribution is 7.97. The quantitative estimate of drug-likeness (QED) is 0.800. The SMILES string of the molecule is CC(=O)Nc1ccc(SN2CCNCC2)cc1. The molecule has 1 aliphatic rings. The molecule has 2 N–H and O–H groups in total. The molecule has 0 aliphatic carbocycles. The van der Waals surface area contributed by atoms with Gasteiger partial charge in [-0.2, -0.15) is 0 Å². The number of rotatable bonds is 3. The van der Waals surface area contributed by atoms with Gasteiger partial charge in [0.25, 0.3) is 0 Å². The number of benzene rings is 1. The van der Waals surface area contributed by atoms with Gasteiger partial charge >= 0.3 is 0 Å². The molecule has 1 aliphatic heterocycles. The molecular formula is C12H17N3OS. The highest BCUT2D eigenvalue weighted by atomic mass is 32.2. The molecule has 92 valence electrons. The van der Waals surface area contributed by atoms with Crippen LogP contribution >= 0.6 is 11.9 Å². The summed E-state index contributed by atoms with van der Waals surface area (Å²) in [5.74, 6) is -0.0347. The molecule has 1 aromatic rings. The van der Waals surface area contributed by atoms with Crippen molar-refractivity contribution in [2.45, 2.75) is 11.8 Å². The first kappa shape index (κ1) is 12.4. The molecule has 0 unspecified atom stereocenters. The Morgan fingerprint density at radius 1 is 1.29 bits per heavy atom. The third-order valence-corrected chi connectivity index (χ3v) is 3.59. The fourth-order valence-corrected chi connectivity index (χ4v) is 2.61. The highest BCUT2D eigenvalue weighted by Gasteiger charge is 2.10. The van der Waals surface area contributed by atoms with Gasteiger partial charge in [0.2, 0.25) is 5.91 Å². The molecule has 2 rings (SSSR count). The lowest BCUT2D eigenvalue weighted by Crippen LogP contribution is -2.39. The van der Waals surface area contributed by atoms with Crippen LogP contribution in [0.15, 0.2) is 29.2 Å². The Labute approximate surface area is 106 Å². The lowest BCUT2D eigenvalue weighted by molar-refractivity contribution is -0.114. The Balaban J connectivity index is 1.90. The molecule has 4 nitrogen and oxygen atoms in total. The van der Waals surface area contributed by atoms with Gasteiger partial charge in [-0.15, -0.1) is 0 Å². The molecule has 0 atom stereocenters. The number of hydrogen-bond donors (Lipinski definition) is 2. The zero-order valence-corrected chi connectivity index (χ0v) is 10.7. The van der Waals surface area contributed by atoms with Gasteiger partial charge in [0.15, 0.2) is 0 Å². The summed E-state index contributed by atoms with van der Waals surface area (Å²) in [7, 11) is 0. The van der Waals surface area contributed by atoms with Crippen LogP contribution in [-0.2, 0) is 4.79 Å². The summed E-state index contributed by atoms with van der Waals surface area (Å²) in [4.78, 5) is 12.1. The summed E-state index contributed by atoms with van der Waals surface area (Å²) in [6, 6.07) is 7.95. The zero-order valence-electron chi connectivity index (χ0n) is 9.90. The standard InChI is InChI=1S/C12H17N3OS/c1-10(16)14-11-2-4-12(5-3-11)17-15-8-6-13-7-9-15/h2-5,13H,6-9H2,1H3,(H,14,16). The minimum atomic E-state index is -0.0347. The lowest BCUT2D eigenvalue weighted by Gasteiger charge is -2.25. The van der Waals surface area contributed by atoms with Crippen molar-refractivity contribution in [3.05, 3.63) is 24.3 Å². The van der Waals surface area contributed by atoms with E-state index in [1.165, 1.54) is 11.8 Å². The molecule has 0 spiro atoms. The van der Waals surface area contributed by atoms with E-state index in [0.717, 1.165) is 31.9 Å². The van der Waals surface area contributed by atoms with Gasteiger partial charge in [-0.3, -0.25) is 4.79 Å². The van der Waals surface area contributed by atoms with Crippen LogP contribution in [0.4, 0.5) is 5.69 Å². The van der Waals surface area contributed by atoms with Crippen molar-refractivity contribution < 1.29 is 4.79 Å². The van der Waals surface area contributed by atoms with Crippen LogP contribution in [0.3, 0.4) is 0 Å². The van der Waals surface area contributed by atoms with E-state index in [9.17, 15) is 4.79 Å². The van der Waals surface area contributed by atoms with E-state index < -0.39 is 0 Å². The highest BCUT2D eigenvalue weighted by Crippen LogP contribution is 2.24. The van der Waals surface area contributed by atoms with Gasteiger partial charge in [0.1, 0.15) is 0 Å². The summed E-state index contributed by atoms with van der Waals surface area (Å²) in [5.41, 5.74) is 0.849. The van der Waals surface area contributed by atoms with Crippen molar-refractivity contribution >= 4 is 23.5 Å². The minimum absolute atomic E-state index is 0.0347. The number of piperazine rings is 1. The third kappa shape index (κ3) is 4.03. The number of nitrogens with one attached hydrogen (secondary N) is 2. The molecule has 0 aromatic heterocycles. The van der Waals surface area contributed by atoms with Gasteiger partial charge in [-0.05, 0) is 36.2 Å². The maximum atomic E-state index is 10.9. The van der Waals surface area contributed by atoms with Crippen LogP contribution in [0, 0.1) is 0 Å². The second kappa shape index (κ2) is 6.05. The van der Waals surface area contributed by atoms with Crippen LogP contribution in [0.25, 0.3) is 0 Å². The minimum Gasteiger partial charge on any atom is -0.326 e. The van der Waals surface area contributed by atoms with E-state index in [1.807, 2.05) is 24.3 Å². The Kier molecular flexibility index (Phi) is 4.42. The normalized spacial score (nSPS) is 16.8. The van der Waals surface area contributed by atoms with Crippen LogP contribution in [0.5, 0.6) is 0 Å². The second-order valence-electron chi connectivity index (χ2n) is 3.98. The van der Waals surface area contributed by atoms with Gasteiger partial charge < -0.3 is 10.6 Å². The van der Waals surface area contributed by atoms with E-state index in [0.29, 0.717) is 0 Å². The average molecular weight is 251 g/mol. The van der Waals surface area contributed by atoms with Crippen molar-refractivity contribution in [3.8, 4) is 0 Å². The van der Waals surface area contributed by atoms with Crippen molar-refractivity contribution in [2.75, 3.05) is 31.5 Å². The number of carbonyl (C=O) groups is 1. The summed E-state index contributed by atoms with van der Waals surface area (Å²) < 4.78 is 2.35. The van der Waals surface area contributed by atoms with Gasteiger partial charge in [-0.1, -0.05) is 0 Å². The Morgan fingerprint density at radius 3 is 2.53 bits per heavy atom. The van der Waals surface area contributed by atoms with Gasteiger partial charge in [-0.25, -0.2) is 4.31 Å². The van der Waals surface area contributed by atoms with E-state index in [1.54, 1.807) is 11.9 Å². The lowest BCUT2D eigenvalue weighted by atomic mass is 10.3. The number of nitrogens with zero attached hydrogens (tertiary/aromatic N) is 1. The number of hydrogen-bond acceptors (Lipinski definition) is 4. The van der Waals surface area contributed by atoms with E-state index in [4.69, 9.17) is 0 Å². The van der Waals surface area contributed by atoms with Crippen molar-refractivity contribution in [1.82, 2.24) is 9.62 Å². The fourth-order valence-electron chi connectivity index (χ4n) is 1.69. The molecule has 1 fully saturated rings. The molecule has 0 radical (unpaired) electrons. The van der Waals surface area contributed by atoms with Crippen LogP contribution in [-0.4, -0.2) is 36.4 Å². The molecule has 1 heterocycles. The molecular weight excluding hydrogens is 234 g/mol. The Morgan fingerprint density at radius 2 is 1.94 bits per heavy atom. The topological polar surface area (TPSA) is 44.4 Å². The first-order valence-electron chi connectivity index (χ1n) is 5.75. The number of carbonyl (C=O) groups excluding carboxylic acids is 1. The van der Waals surface area contributed by atoms with Crippen molar-refractivity contribution in [1.29, 1.82) is 0 Å². The molecule has 0 bridgehead atoms. The molecule has 1 amide bonds. The summed E-state index contributed by atoms with van der Waals surface area (Å²) in [6.07, 6.45) is 0.